The van der Waals surface area contributed by atoms with Crippen LogP contribution in [0.15, 0.2) is 103 Å². The molecule has 1 amide bonds. The van der Waals surface area contributed by atoms with Gasteiger partial charge in [-0.05, 0) is 78.6 Å². The lowest BCUT2D eigenvalue weighted by atomic mass is 9.94. The van der Waals surface area contributed by atoms with E-state index in [2.05, 4.69) is 0 Å². The highest BCUT2D eigenvalue weighted by molar-refractivity contribution is 6.51. The Labute approximate surface area is 249 Å². The van der Waals surface area contributed by atoms with E-state index in [4.69, 9.17) is 9.47 Å². The second-order valence-corrected chi connectivity index (χ2v) is 10.2. The van der Waals surface area contributed by atoms with Crippen molar-refractivity contribution in [2.24, 2.45) is 0 Å². The molecular formula is C35H31NO7. The Bertz CT molecular complexity index is 1690. The number of Topliss-reactive ketones (excluding diaryl/α,β-unsaturated/α-hetero) is 1. The molecular weight excluding hydrogens is 546 g/mol. The van der Waals surface area contributed by atoms with E-state index in [0.717, 1.165) is 11.1 Å². The van der Waals surface area contributed by atoms with Crippen LogP contribution in [0.1, 0.15) is 52.0 Å². The van der Waals surface area contributed by atoms with Gasteiger partial charge in [0.15, 0.2) is 0 Å². The van der Waals surface area contributed by atoms with Crippen molar-refractivity contribution < 1.29 is 34.1 Å². The number of anilines is 1. The zero-order chi connectivity index (χ0) is 30.5. The molecule has 0 saturated carbocycles. The highest BCUT2D eigenvalue weighted by Crippen LogP contribution is 2.43. The van der Waals surface area contributed by atoms with Crippen molar-refractivity contribution in [1.82, 2.24) is 0 Å². The van der Waals surface area contributed by atoms with E-state index in [9.17, 15) is 24.6 Å². The van der Waals surface area contributed by atoms with E-state index in [-0.39, 0.29) is 34.9 Å². The predicted molar refractivity (Wildman–Crippen MR) is 162 cm³/mol. The molecule has 2 N–H and O–H groups in total. The number of hydrogen-bond acceptors (Lipinski definition) is 7. The van der Waals surface area contributed by atoms with E-state index in [0.29, 0.717) is 29.9 Å². The molecule has 1 saturated heterocycles. The minimum absolute atomic E-state index is 0.00286. The third-order valence-corrected chi connectivity index (χ3v) is 7.14. The molecule has 0 aliphatic carbocycles. The second kappa shape index (κ2) is 12.7. The van der Waals surface area contributed by atoms with Crippen LogP contribution in [0.4, 0.5) is 5.69 Å². The Hall–Kier alpha value is -5.37. The number of phenols is 1. The quantitative estimate of drug-likeness (QED) is 0.101. The van der Waals surface area contributed by atoms with Gasteiger partial charge in [0.1, 0.15) is 23.9 Å². The minimum atomic E-state index is -1.03. The Morgan fingerprint density at radius 3 is 2.33 bits per heavy atom. The summed E-state index contributed by atoms with van der Waals surface area (Å²) in [6, 6.07) is 26.0. The van der Waals surface area contributed by atoms with Crippen molar-refractivity contribution in [2.45, 2.75) is 32.9 Å². The maximum Gasteiger partial charge on any atom is 0.338 e. The average molecular weight is 578 g/mol. The first-order valence-electron chi connectivity index (χ1n) is 13.9. The number of benzene rings is 4. The van der Waals surface area contributed by atoms with Gasteiger partial charge in [0.25, 0.3) is 11.7 Å². The van der Waals surface area contributed by atoms with Crippen molar-refractivity contribution in [1.29, 1.82) is 0 Å². The van der Waals surface area contributed by atoms with Gasteiger partial charge in [-0.1, -0.05) is 55.5 Å². The fraction of sp³-hybridized carbons (Fsp3) is 0.171. The van der Waals surface area contributed by atoms with Crippen molar-refractivity contribution >= 4 is 29.1 Å². The number of ether oxygens (including phenoxy) is 2. The summed E-state index contributed by atoms with van der Waals surface area (Å²) in [5.74, 6) is -2.03. The molecule has 0 aromatic heterocycles. The third-order valence-electron chi connectivity index (χ3n) is 7.14. The Kier molecular flexibility index (Phi) is 8.57. The van der Waals surface area contributed by atoms with Crippen LogP contribution in [-0.4, -0.2) is 34.5 Å². The molecule has 0 spiro atoms. The standard InChI is InChI=1S/C35H31NO7/c1-3-18-42-35(41)26-10-7-11-27(20-26)36-31(24-12-15-28(37)16-13-24)30(33(39)34(36)40)32(38)25-14-17-29(22(2)19-25)43-21-23-8-5-4-6-9-23/h4-17,19-20,31,37-38H,3,18,21H2,1-2H3/b32-30+. The first-order valence-corrected chi connectivity index (χ1v) is 13.9. The first-order chi connectivity index (χ1) is 20.8. The lowest BCUT2D eigenvalue weighted by molar-refractivity contribution is -0.132. The van der Waals surface area contributed by atoms with Crippen LogP contribution in [0.25, 0.3) is 5.76 Å². The van der Waals surface area contributed by atoms with Crippen molar-refractivity contribution in [3.63, 3.8) is 0 Å². The van der Waals surface area contributed by atoms with Crippen LogP contribution in [0.3, 0.4) is 0 Å². The number of esters is 1. The molecule has 0 bridgehead atoms. The van der Waals surface area contributed by atoms with Crippen molar-refractivity contribution in [3.05, 3.63) is 130 Å². The van der Waals surface area contributed by atoms with Crippen LogP contribution < -0.4 is 9.64 Å². The average Bonchev–Trinajstić information content (AvgIpc) is 3.29. The second-order valence-electron chi connectivity index (χ2n) is 10.2. The number of phenolic OH excluding ortho intramolecular Hbond substituents is 1. The summed E-state index contributed by atoms with van der Waals surface area (Å²) in [5, 5.41) is 21.4. The van der Waals surface area contributed by atoms with Crippen LogP contribution >= 0.6 is 0 Å². The predicted octanol–water partition coefficient (Wildman–Crippen LogP) is 6.47. The highest BCUT2D eigenvalue weighted by atomic mass is 16.5. The number of hydrogen-bond donors (Lipinski definition) is 2. The highest BCUT2D eigenvalue weighted by Gasteiger charge is 2.47. The number of aromatic hydroxyl groups is 1. The number of ketones is 1. The maximum atomic E-state index is 13.6. The number of rotatable bonds is 9. The molecule has 8 heteroatoms. The van der Waals surface area contributed by atoms with E-state index in [1.54, 1.807) is 48.5 Å². The normalized spacial score (nSPS) is 15.9. The summed E-state index contributed by atoms with van der Waals surface area (Å²) in [7, 11) is 0. The number of aryl methyl sites for hydroxylation is 1. The molecule has 1 aliphatic heterocycles. The van der Waals surface area contributed by atoms with E-state index in [1.165, 1.54) is 23.1 Å². The number of amides is 1. The molecule has 8 nitrogen and oxygen atoms in total. The van der Waals surface area contributed by atoms with Crippen LogP contribution in [0.5, 0.6) is 11.5 Å². The number of carbonyl (C=O) groups is 3. The summed E-state index contributed by atoms with van der Waals surface area (Å²) in [5.41, 5.74) is 2.94. The maximum absolute atomic E-state index is 13.6. The molecule has 1 atom stereocenters. The molecule has 4 aromatic rings. The molecule has 5 rings (SSSR count). The Morgan fingerprint density at radius 1 is 0.884 bits per heavy atom. The molecule has 0 radical (unpaired) electrons. The van der Waals surface area contributed by atoms with Gasteiger partial charge >= 0.3 is 5.97 Å². The third kappa shape index (κ3) is 6.13. The monoisotopic (exact) mass is 577 g/mol. The lowest BCUT2D eigenvalue weighted by Crippen LogP contribution is -2.29. The Morgan fingerprint density at radius 2 is 1.63 bits per heavy atom. The minimum Gasteiger partial charge on any atom is -0.508 e. The molecule has 1 heterocycles. The summed E-state index contributed by atoms with van der Waals surface area (Å²) >= 11 is 0. The van der Waals surface area contributed by atoms with Gasteiger partial charge in [0.05, 0.1) is 23.8 Å². The molecule has 4 aromatic carbocycles. The fourth-order valence-corrected chi connectivity index (χ4v) is 4.98. The fourth-order valence-electron chi connectivity index (χ4n) is 4.98. The molecule has 218 valence electrons. The van der Waals surface area contributed by atoms with Gasteiger partial charge in [-0.15, -0.1) is 0 Å². The largest absolute Gasteiger partial charge is 0.508 e. The Balaban J connectivity index is 1.55. The molecule has 1 unspecified atom stereocenters. The molecule has 1 fully saturated rings. The summed E-state index contributed by atoms with van der Waals surface area (Å²) < 4.78 is 11.2. The van der Waals surface area contributed by atoms with Gasteiger partial charge in [0.2, 0.25) is 0 Å². The molecule has 1 aliphatic rings. The van der Waals surface area contributed by atoms with Gasteiger partial charge in [-0.25, -0.2) is 4.79 Å². The SMILES string of the molecule is CCCOC(=O)c1cccc(N2C(=O)C(=O)/C(=C(/O)c3ccc(OCc4ccccc4)c(C)c3)C2c2ccc(O)cc2)c1. The summed E-state index contributed by atoms with van der Waals surface area (Å²) in [4.78, 5) is 40.9. The van der Waals surface area contributed by atoms with Crippen LogP contribution in [0.2, 0.25) is 0 Å². The van der Waals surface area contributed by atoms with E-state index in [1.807, 2.05) is 44.2 Å². The van der Waals surface area contributed by atoms with Gasteiger partial charge < -0.3 is 19.7 Å². The zero-order valence-corrected chi connectivity index (χ0v) is 23.8. The smallest absolute Gasteiger partial charge is 0.338 e. The first kappa shape index (κ1) is 29.1. The number of nitrogens with zero attached hydrogens (tertiary/aromatic N) is 1. The number of aliphatic hydroxyl groups is 1. The van der Waals surface area contributed by atoms with E-state index < -0.39 is 23.7 Å². The van der Waals surface area contributed by atoms with Gasteiger partial charge in [0, 0.05) is 11.3 Å². The zero-order valence-electron chi connectivity index (χ0n) is 23.8. The number of aliphatic hydroxyl groups excluding tert-OH is 1. The van der Waals surface area contributed by atoms with Crippen LogP contribution in [-0.2, 0) is 20.9 Å². The molecule has 43 heavy (non-hydrogen) atoms. The van der Waals surface area contributed by atoms with Crippen molar-refractivity contribution in [3.8, 4) is 11.5 Å². The van der Waals surface area contributed by atoms with Gasteiger partial charge in [-0.3, -0.25) is 14.5 Å². The topological polar surface area (TPSA) is 113 Å². The van der Waals surface area contributed by atoms with Gasteiger partial charge in [-0.2, -0.15) is 0 Å². The lowest BCUT2D eigenvalue weighted by Gasteiger charge is -2.26. The number of carbonyl (C=O) groups excluding carboxylic acids is 3. The van der Waals surface area contributed by atoms with E-state index >= 15 is 0 Å². The summed E-state index contributed by atoms with van der Waals surface area (Å²) in [6.07, 6.45) is 0.653. The van der Waals surface area contributed by atoms with Crippen molar-refractivity contribution in [2.75, 3.05) is 11.5 Å². The van der Waals surface area contributed by atoms with Crippen LogP contribution in [0, 0.1) is 6.92 Å². The summed E-state index contributed by atoms with van der Waals surface area (Å²) in [6.45, 7) is 4.32.